The molecule has 0 spiro atoms. The van der Waals surface area contributed by atoms with E-state index in [-0.39, 0.29) is 17.9 Å². The molecule has 13 heavy (non-hydrogen) atoms. The maximum Gasteiger partial charge on any atom is 0.243 e. The Morgan fingerprint density at radius 2 is 2.54 bits per heavy atom. The summed E-state index contributed by atoms with van der Waals surface area (Å²) in [6.45, 7) is 2.31. The highest BCUT2D eigenvalue weighted by atomic mass is 16.2. The van der Waals surface area contributed by atoms with Gasteiger partial charge in [0.15, 0.2) is 0 Å². The van der Waals surface area contributed by atoms with Crippen molar-refractivity contribution in [2.24, 2.45) is 0 Å². The molecule has 1 heterocycles. The molecule has 1 aliphatic heterocycles. The Morgan fingerprint density at radius 3 is 3.08 bits per heavy atom. The van der Waals surface area contributed by atoms with Crippen molar-refractivity contribution in [1.29, 1.82) is 0 Å². The van der Waals surface area contributed by atoms with Crippen LogP contribution in [0.4, 0.5) is 0 Å². The molecule has 1 saturated heterocycles. The Morgan fingerprint density at radius 1 is 1.77 bits per heavy atom. The standard InChI is InChI=1S/C9H14N2O2/c1-2-3-8(12)10-6-7-4-5-9(13)11-7/h2-3,7H,4-6H2,1H3,(H,10,12)(H,11,13). The largest absolute Gasteiger partial charge is 0.352 e. The van der Waals surface area contributed by atoms with Crippen LogP contribution in [-0.4, -0.2) is 24.4 Å². The summed E-state index contributed by atoms with van der Waals surface area (Å²) in [4.78, 5) is 21.8. The van der Waals surface area contributed by atoms with Gasteiger partial charge in [0.25, 0.3) is 0 Å². The zero-order valence-electron chi connectivity index (χ0n) is 7.67. The lowest BCUT2D eigenvalue weighted by Crippen LogP contribution is -2.37. The summed E-state index contributed by atoms with van der Waals surface area (Å²) in [5.74, 6) is -0.0334. The number of carbonyl (C=O) groups is 2. The summed E-state index contributed by atoms with van der Waals surface area (Å²) >= 11 is 0. The SMILES string of the molecule is CC=CC(=O)NCC1CCC(=O)N1. The summed E-state index contributed by atoms with van der Waals surface area (Å²) in [6, 6.07) is 0.113. The van der Waals surface area contributed by atoms with Gasteiger partial charge in [-0.3, -0.25) is 9.59 Å². The molecule has 0 aromatic heterocycles. The Hall–Kier alpha value is -1.32. The van der Waals surface area contributed by atoms with E-state index in [9.17, 15) is 9.59 Å². The van der Waals surface area contributed by atoms with Gasteiger partial charge in [0.05, 0.1) is 0 Å². The maximum atomic E-state index is 11.0. The van der Waals surface area contributed by atoms with Crippen LogP contribution in [0.3, 0.4) is 0 Å². The van der Waals surface area contributed by atoms with Gasteiger partial charge in [-0.05, 0) is 19.4 Å². The monoisotopic (exact) mass is 182 g/mol. The van der Waals surface area contributed by atoms with E-state index in [1.54, 1.807) is 13.0 Å². The molecule has 0 radical (unpaired) electrons. The molecule has 1 fully saturated rings. The highest BCUT2D eigenvalue weighted by Crippen LogP contribution is 2.04. The van der Waals surface area contributed by atoms with Crippen LogP contribution in [0.2, 0.25) is 0 Å². The van der Waals surface area contributed by atoms with Crippen LogP contribution in [-0.2, 0) is 9.59 Å². The number of allylic oxidation sites excluding steroid dienone is 1. The molecule has 1 unspecified atom stereocenters. The van der Waals surface area contributed by atoms with Gasteiger partial charge in [-0.1, -0.05) is 6.08 Å². The van der Waals surface area contributed by atoms with Crippen molar-refractivity contribution in [2.45, 2.75) is 25.8 Å². The van der Waals surface area contributed by atoms with Crippen LogP contribution < -0.4 is 10.6 Å². The first-order chi connectivity index (χ1) is 6.22. The lowest BCUT2D eigenvalue weighted by molar-refractivity contribution is -0.120. The summed E-state index contributed by atoms with van der Waals surface area (Å²) < 4.78 is 0. The van der Waals surface area contributed by atoms with E-state index < -0.39 is 0 Å². The van der Waals surface area contributed by atoms with Crippen molar-refractivity contribution < 1.29 is 9.59 Å². The maximum absolute atomic E-state index is 11.0. The lowest BCUT2D eigenvalue weighted by Gasteiger charge is -2.09. The van der Waals surface area contributed by atoms with Gasteiger partial charge in [-0.25, -0.2) is 0 Å². The molecule has 0 aliphatic carbocycles. The van der Waals surface area contributed by atoms with Crippen molar-refractivity contribution >= 4 is 11.8 Å². The summed E-state index contributed by atoms with van der Waals surface area (Å²) in [5.41, 5.74) is 0. The fourth-order valence-corrected chi connectivity index (χ4v) is 1.26. The Labute approximate surface area is 77.4 Å². The molecule has 4 nitrogen and oxygen atoms in total. The third kappa shape index (κ3) is 3.27. The molecular formula is C9H14N2O2. The predicted octanol–water partition coefficient (Wildman–Crippen LogP) is -0.0427. The number of nitrogens with one attached hydrogen (secondary N) is 2. The molecule has 1 aliphatic rings. The molecule has 0 saturated carbocycles. The van der Waals surface area contributed by atoms with Crippen molar-refractivity contribution in [3.8, 4) is 0 Å². The number of amides is 2. The van der Waals surface area contributed by atoms with Crippen LogP contribution >= 0.6 is 0 Å². The molecule has 4 heteroatoms. The molecule has 0 aromatic carbocycles. The second-order valence-corrected chi connectivity index (χ2v) is 3.05. The molecule has 1 rings (SSSR count). The zero-order valence-corrected chi connectivity index (χ0v) is 7.67. The Balaban J connectivity index is 2.19. The first-order valence-corrected chi connectivity index (χ1v) is 4.42. The van der Waals surface area contributed by atoms with Crippen LogP contribution in [0.15, 0.2) is 12.2 Å². The summed E-state index contributed by atoms with van der Waals surface area (Å²) in [5, 5.41) is 5.48. The second-order valence-electron chi connectivity index (χ2n) is 3.05. The fourth-order valence-electron chi connectivity index (χ4n) is 1.26. The summed E-state index contributed by atoms with van der Waals surface area (Å²) in [7, 11) is 0. The number of hydrogen-bond acceptors (Lipinski definition) is 2. The van der Waals surface area contributed by atoms with Gasteiger partial charge in [0.2, 0.25) is 11.8 Å². The van der Waals surface area contributed by atoms with E-state index in [0.29, 0.717) is 13.0 Å². The van der Waals surface area contributed by atoms with Crippen molar-refractivity contribution in [2.75, 3.05) is 6.54 Å². The van der Waals surface area contributed by atoms with E-state index in [1.165, 1.54) is 6.08 Å². The average molecular weight is 182 g/mol. The third-order valence-corrected chi connectivity index (χ3v) is 1.93. The lowest BCUT2D eigenvalue weighted by atomic mass is 10.2. The Kier molecular flexibility index (Phi) is 3.49. The molecule has 0 bridgehead atoms. The normalized spacial score (nSPS) is 21.9. The molecular weight excluding hydrogens is 168 g/mol. The average Bonchev–Trinajstić information content (AvgIpc) is 2.49. The minimum atomic E-state index is -0.108. The van der Waals surface area contributed by atoms with Gasteiger partial charge >= 0.3 is 0 Å². The smallest absolute Gasteiger partial charge is 0.243 e. The van der Waals surface area contributed by atoms with Crippen LogP contribution in [0.1, 0.15) is 19.8 Å². The summed E-state index contributed by atoms with van der Waals surface area (Å²) in [6.07, 6.45) is 4.54. The number of rotatable bonds is 3. The number of hydrogen-bond donors (Lipinski definition) is 2. The first-order valence-electron chi connectivity index (χ1n) is 4.42. The highest BCUT2D eigenvalue weighted by molar-refractivity contribution is 5.87. The highest BCUT2D eigenvalue weighted by Gasteiger charge is 2.20. The molecule has 72 valence electrons. The second kappa shape index (κ2) is 4.64. The van der Waals surface area contributed by atoms with Gasteiger partial charge in [0, 0.05) is 19.0 Å². The topological polar surface area (TPSA) is 58.2 Å². The van der Waals surface area contributed by atoms with Gasteiger partial charge < -0.3 is 10.6 Å². The molecule has 0 aromatic rings. The van der Waals surface area contributed by atoms with Crippen molar-refractivity contribution in [3.63, 3.8) is 0 Å². The Bertz CT molecular complexity index is 236. The van der Waals surface area contributed by atoms with Gasteiger partial charge in [-0.2, -0.15) is 0 Å². The van der Waals surface area contributed by atoms with E-state index in [0.717, 1.165) is 6.42 Å². The van der Waals surface area contributed by atoms with Gasteiger partial charge in [-0.15, -0.1) is 0 Å². The molecule has 1 atom stereocenters. The predicted molar refractivity (Wildman–Crippen MR) is 49.0 cm³/mol. The van der Waals surface area contributed by atoms with Crippen molar-refractivity contribution in [1.82, 2.24) is 10.6 Å². The molecule has 2 amide bonds. The van der Waals surface area contributed by atoms with Crippen LogP contribution in [0.5, 0.6) is 0 Å². The third-order valence-electron chi connectivity index (χ3n) is 1.93. The van der Waals surface area contributed by atoms with E-state index in [2.05, 4.69) is 10.6 Å². The van der Waals surface area contributed by atoms with Crippen molar-refractivity contribution in [3.05, 3.63) is 12.2 Å². The number of carbonyl (C=O) groups excluding carboxylic acids is 2. The van der Waals surface area contributed by atoms with E-state index in [1.807, 2.05) is 0 Å². The minimum Gasteiger partial charge on any atom is -0.352 e. The van der Waals surface area contributed by atoms with Crippen LogP contribution in [0.25, 0.3) is 0 Å². The quantitative estimate of drug-likeness (QED) is 0.601. The first kappa shape index (κ1) is 9.77. The fraction of sp³-hybridized carbons (Fsp3) is 0.556. The van der Waals surface area contributed by atoms with Crippen LogP contribution in [0, 0.1) is 0 Å². The van der Waals surface area contributed by atoms with Gasteiger partial charge in [0.1, 0.15) is 0 Å². The van der Waals surface area contributed by atoms with E-state index >= 15 is 0 Å². The van der Waals surface area contributed by atoms with E-state index in [4.69, 9.17) is 0 Å². The molecule has 2 N–H and O–H groups in total. The zero-order chi connectivity index (χ0) is 9.68. The minimum absolute atomic E-state index is 0.0743.